The Hall–Kier alpha value is -1.94. The molecule has 0 bridgehead atoms. The molecule has 0 saturated heterocycles. The Balaban J connectivity index is 2.20. The van der Waals surface area contributed by atoms with Crippen LogP contribution in [0.4, 0.5) is 0 Å². The molecule has 0 saturated carbocycles. The van der Waals surface area contributed by atoms with Gasteiger partial charge in [0, 0.05) is 24.5 Å². The van der Waals surface area contributed by atoms with E-state index in [9.17, 15) is 4.79 Å². The first-order valence-corrected chi connectivity index (χ1v) is 6.26. The van der Waals surface area contributed by atoms with Crippen molar-refractivity contribution >= 4 is 17.5 Å². The molecule has 2 rings (SSSR count). The molecular formula is C14H14ClN3O. The number of amides is 1. The van der Waals surface area contributed by atoms with Crippen molar-refractivity contribution in [1.29, 1.82) is 0 Å². The summed E-state index contributed by atoms with van der Waals surface area (Å²) in [7, 11) is 1.74. The van der Waals surface area contributed by atoms with E-state index < -0.39 is 0 Å². The van der Waals surface area contributed by atoms with Crippen LogP contribution in [0.5, 0.6) is 0 Å². The molecule has 1 aromatic heterocycles. The molecule has 0 aliphatic rings. The van der Waals surface area contributed by atoms with Crippen molar-refractivity contribution in [3.8, 4) is 0 Å². The average molecular weight is 276 g/mol. The highest BCUT2D eigenvalue weighted by Crippen LogP contribution is 2.22. The molecule has 0 fully saturated rings. The molecule has 0 N–H and O–H groups in total. The maximum atomic E-state index is 12.2. The topological polar surface area (TPSA) is 46.1 Å². The Bertz CT molecular complexity index is 574. The monoisotopic (exact) mass is 275 g/mol. The van der Waals surface area contributed by atoms with Gasteiger partial charge in [0.1, 0.15) is 5.69 Å². The zero-order chi connectivity index (χ0) is 13.8. The van der Waals surface area contributed by atoms with E-state index in [-0.39, 0.29) is 11.9 Å². The lowest BCUT2D eigenvalue weighted by Gasteiger charge is -2.25. The van der Waals surface area contributed by atoms with E-state index in [1.807, 2.05) is 31.2 Å². The fourth-order valence-corrected chi connectivity index (χ4v) is 1.95. The molecule has 0 aliphatic carbocycles. The van der Waals surface area contributed by atoms with Gasteiger partial charge in [-0.25, -0.2) is 4.98 Å². The maximum absolute atomic E-state index is 12.2. The van der Waals surface area contributed by atoms with Gasteiger partial charge in [-0.15, -0.1) is 0 Å². The third kappa shape index (κ3) is 3.09. The summed E-state index contributed by atoms with van der Waals surface area (Å²) in [6, 6.07) is 7.38. The number of halogens is 1. The maximum Gasteiger partial charge on any atom is 0.274 e. The molecule has 1 aromatic carbocycles. The normalized spacial score (nSPS) is 11.9. The molecule has 19 heavy (non-hydrogen) atoms. The molecule has 0 aliphatic heterocycles. The number of hydrogen-bond donors (Lipinski definition) is 0. The Morgan fingerprint density at radius 3 is 2.79 bits per heavy atom. The van der Waals surface area contributed by atoms with E-state index in [4.69, 9.17) is 11.6 Å². The molecule has 5 heteroatoms. The zero-order valence-corrected chi connectivity index (χ0v) is 11.5. The van der Waals surface area contributed by atoms with Crippen LogP contribution in [0, 0.1) is 0 Å². The van der Waals surface area contributed by atoms with Crippen molar-refractivity contribution in [2.24, 2.45) is 0 Å². The predicted molar refractivity (Wildman–Crippen MR) is 74.0 cm³/mol. The number of carbonyl (C=O) groups excluding carboxylic acids is 1. The smallest absolute Gasteiger partial charge is 0.274 e. The molecule has 4 nitrogen and oxygen atoms in total. The zero-order valence-electron chi connectivity index (χ0n) is 10.7. The standard InChI is InChI=1S/C14H14ClN3O/c1-10(11-4-3-5-12(15)8-11)18(2)14(19)13-9-16-6-7-17-13/h3-10H,1-2H3. The summed E-state index contributed by atoms with van der Waals surface area (Å²) >= 11 is 5.96. The fraction of sp³-hybridized carbons (Fsp3) is 0.214. The van der Waals surface area contributed by atoms with Gasteiger partial charge < -0.3 is 4.90 Å². The van der Waals surface area contributed by atoms with Crippen molar-refractivity contribution in [3.63, 3.8) is 0 Å². The highest BCUT2D eigenvalue weighted by Gasteiger charge is 2.20. The number of nitrogens with zero attached hydrogens (tertiary/aromatic N) is 3. The van der Waals surface area contributed by atoms with Crippen LogP contribution >= 0.6 is 11.6 Å². The van der Waals surface area contributed by atoms with Gasteiger partial charge in [0.25, 0.3) is 5.91 Å². The number of aromatic nitrogens is 2. The molecular weight excluding hydrogens is 262 g/mol. The Kier molecular flexibility index (Phi) is 4.12. The molecule has 0 spiro atoms. The SMILES string of the molecule is CC(c1cccc(Cl)c1)N(C)C(=O)c1cnccn1. The third-order valence-corrected chi connectivity index (χ3v) is 3.25. The van der Waals surface area contributed by atoms with Gasteiger partial charge in [0.2, 0.25) is 0 Å². The first-order valence-electron chi connectivity index (χ1n) is 5.88. The van der Waals surface area contributed by atoms with Crippen LogP contribution in [0.1, 0.15) is 29.0 Å². The highest BCUT2D eigenvalue weighted by molar-refractivity contribution is 6.30. The molecule has 0 radical (unpaired) electrons. The van der Waals surface area contributed by atoms with Crippen molar-refractivity contribution in [2.75, 3.05) is 7.05 Å². The van der Waals surface area contributed by atoms with Crippen molar-refractivity contribution in [3.05, 3.63) is 59.1 Å². The summed E-state index contributed by atoms with van der Waals surface area (Å²) in [5, 5.41) is 0.657. The minimum Gasteiger partial charge on any atom is -0.334 e. The van der Waals surface area contributed by atoms with Gasteiger partial charge in [-0.05, 0) is 24.6 Å². The lowest BCUT2D eigenvalue weighted by atomic mass is 10.1. The summed E-state index contributed by atoms with van der Waals surface area (Å²) in [5.74, 6) is -0.166. The van der Waals surface area contributed by atoms with Crippen LogP contribution in [0.2, 0.25) is 5.02 Å². The third-order valence-electron chi connectivity index (χ3n) is 3.01. The second kappa shape index (κ2) is 5.80. The van der Waals surface area contributed by atoms with Crippen molar-refractivity contribution < 1.29 is 4.79 Å². The fourth-order valence-electron chi connectivity index (χ4n) is 1.76. The van der Waals surface area contributed by atoms with Crippen LogP contribution < -0.4 is 0 Å². The van der Waals surface area contributed by atoms with Crippen LogP contribution in [0.3, 0.4) is 0 Å². The summed E-state index contributed by atoms with van der Waals surface area (Å²) in [4.78, 5) is 21.8. The van der Waals surface area contributed by atoms with Gasteiger partial charge >= 0.3 is 0 Å². The van der Waals surface area contributed by atoms with E-state index >= 15 is 0 Å². The Labute approximate surface area is 117 Å². The van der Waals surface area contributed by atoms with Crippen LogP contribution in [0.25, 0.3) is 0 Å². The van der Waals surface area contributed by atoms with E-state index in [0.29, 0.717) is 10.7 Å². The average Bonchev–Trinajstić information content (AvgIpc) is 2.46. The summed E-state index contributed by atoms with van der Waals surface area (Å²) in [6.45, 7) is 1.94. The summed E-state index contributed by atoms with van der Waals surface area (Å²) in [6.07, 6.45) is 4.51. The first kappa shape index (κ1) is 13.5. The van der Waals surface area contributed by atoms with Crippen LogP contribution in [0.15, 0.2) is 42.9 Å². The van der Waals surface area contributed by atoms with Crippen molar-refractivity contribution in [2.45, 2.75) is 13.0 Å². The number of rotatable bonds is 3. The van der Waals surface area contributed by atoms with E-state index in [1.54, 1.807) is 11.9 Å². The van der Waals surface area contributed by atoms with E-state index in [2.05, 4.69) is 9.97 Å². The van der Waals surface area contributed by atoms with Crippen LogP contribution in [-0.4, -0.2) is 27.8 Å². The largest absolute Gasteiger partial charge is 0.334 e. The lowest BCUT2D eigenvalue weighted by Crippen LogP contribution is -2.30. The van der Waals surface area contributed by atoms with Gasteiger partial charge in [-0.2, -0.15) is 0 Å². The first-order chi connectivity index (χ1) is 9.09. The molecule has 1 atom stereocenters. The second-order valence-electron chi connectivity index (χ2n) is 4.24. The second-order valence-corrected chi connectivity index (χ2v) is 4.67. The predicted octanol–water partition coefficient (Wildman–Crippen LogP) is 2.96. The molecule has 1 heterocycles. The molecule has 1 amide bonds. The Morgan fingerprint density at radius 2 is 2.16 bits per heavy atom. The highest BCUT2D eigenvalue weighted by atomic mass is 35.5. The molecule has 98 valence electrons. The summed E-state index contributed by atoms with van der Waals surface area (Å²) < 4.78 is 0. The van der Waals surface area contributed by atoms with Crippen molar-refractivity contribution in [1.82, 2.24) is 14.9 Å². The Morgan fingerprint density at radius 1 is 1.37 bits per heavy atom. The number of benzene rings is 1. The van der Waals surface area contributed by atoms with Gasteiger partial charge in [0.05, 0.1) is 12.2 Å². The molecule has 1 unspecified atom stereocenters. The number of hydrogen-bond acceptors (Lipinski definition) is 3. The van der Waals surface area contributed by atoms with E-state index in [0.717, 1.165) is 5.56 Å². The minimum absolute atomic E-state index is 0.0896. The minimum atomic E-state index is -0.166. The molecule has 2 aromatic rings. The van der Waals surface area contributed by atoms with Crippen LogP contribution in [-0.2, 0) is 0 Å². The van der Waals surface area contributed by atoms with Gasteiger partial charge in [-0.1, -0.05) is 23.7 Å². The van der Waals surface area contributed by atoms with E-state index in [1.165, 1.54) is 18.6 Å². The lowest BCUT2D eigenvalue weighted by molar-refractivity contribution is 0.0736. The summed E-state index contributed by atoms with van der Waals surface area (Å²) in [5.41, 5.74) is 1.31. The quantitative estimate of drug-likeness (QED) is 0.865. The number of carbonyl (C=O) groups is 1. The van der Waals surface area contributed by atoms with Gasteiger partial charge in [0.15, 0.2) is 0 Å². The van der Waals surface area contributed by atoms with Gasteiger partial charge in [-0.3, -0.25) is 9.78 Å².